The van der Waals surface area contributed by atoms with Gasteiger partial charge >= 0.3 is 5.97 Å². The molecule has 0 aliphatic carbocycles. The molecule has 8 nitrogen and oxygen atoms in total. The Hall–Kier alpha value is -1.28. The summed E-state index contributed by atoms with van der Waals surface area (Å²) in [5.41, 5.74) is 0. The zero-order chi connectivity index (χ0) is 43.4. The summed E-state index contributed by atoms with van der Waals surface area (Å²) in [5.74, 6) is -0.342. The second-order valence-corrected chi connectivity index (χ2v) is 19.2. The third kappa shape index (κ3) is 47.6. The van der Waals surface area contributed by atoms with Crippen LogP contribution in [0.2, 0.25) is 0 Å². The highest BCUT2D eigenvalue weighted by Gasteiger charge is 2.20. The number of nitrogens with zero attached hydrogens (tertiary/aromatic N) is 1. The number of carbonyl (C=O) groups excluding carboxylic acids is 1. The number of rotatable bonds is 46. The molecule has 9 heteroatoms. The van der Waals surface area contributed by atoms with E-state index >= 15 is 0 Å². The molecule has 0 aliphatic rings. The largest absolute Gasteiger partial charge is 0.756 e. The molecule has 348 valence electrons. The van der Waals surface area contributed by atoms with Crippen LogP contribution in [0.15, 0.2) is 36.5 Å². The maximum atomic E-state index is 12.7. The van der Waals surface area contributed by atoms with Crippen LogP contribution >= 0.6 is 7.82 Å². The van der Waals surface area contributed by atoms with Crippen LogP contribution in [-0.4, -0.2) is 70.7 Å². The van der Waals surface area contributed by atoms with Crippen LogP contribution in [0.3, 0.4) is 0 Å². The lowest BCUT2D eigenvalue weighted by Gasteiger charge is -2.28. The predicted octanol–water partition coefficient (Wildman–Crippen LogP) is 14.3. The number of carbonyl (C=O) groups is 1. The smallest absolute Gasteiger partial charge is 0.306 e. The van der Waals surface area contributed by atoms with Crippen LogP contribution in [0.5, 0.6) is 0 Å². The highest BCUT2D eigenvalue weighted by atomic mass is 31.2. The maximum Gasteiger partial charge on any atom is 0.306 e. The SMILES string of the molecule is CCCCCC/C=C\CCCCCCCC(=O)OC(COCCCCCCCCCCCCCC/C=C\C/C=C\CCCCCCC)COP(=O)([O-])OCC[N+](C)(C)C. The van der Waals surface area contributed by atoms with Crippen molar-refractivity contribution in [3.05, 3.63) is 36.5 Å². The first-order chi connectivity index (χ1) is 28.6. The van der Waals surface area contributed by atoms with E-state index in [1.807, 2.05) is 21.1 Å². The number of esters is 1. The first-order valence-electron chi connectivity index (χ1n) is 24.7. The van der Waals surface area contributed by atoms with Crippen LogP contribution in [0.4, 0.5) is 0 Å². The Labute approximate surface area is 365 Å². The lowest BCUT2D eigenvalue weighted by molar-refractivity contribution is -0.870. The number of phosphoric acid groups is 1. The van der Waals surface area contributed by atoms with Crippen LogP contribution in [-0.2, 0) is 27.9 Å². The van der Waals surface area contributed by atoms with E-state index in [-0.39, 0.29) is 25.8 Å². The van der Waals surface area contributed by atoms with Gasteiger partial charge in [0.1, 0.15) is 19.3 Å². The fraction of sp³-hybridized carbons (Fsp3) is 0.860. The molecule has 0 heterocycles. The molecule has 0 aliphatic heterocycles. The van der Waals surface area contributed by atoms with E-state index in [0.717, 1.165) is 51.4 Å². The molecule has 0 spiro atoms. The van der Waals surface area contributed by atoms with Crippen LogP contribution in [0.1, 0.15) is 219 Å². The summed E-state index contributed by atoms with van der Waals surface area (Å²) in [5, 5.41) is 0. The average molecular weight is 854 g/mol. The minimum atomic E-state index is -4.53. The van der Waals surface area contributed by atoms with Gasteiger partial charge in [0.05, 0.1) is 34.4 Å². The Morgan fingerprint density at radius 3 is 1.41 bits per heavy atom. The van der Waals surface area contributed by atoms with Gasteiger partial charge in [0, 0.05) is 13.0 Å². The molecule has 0 saturated heterocycles. The third-order valence-electron chi connectivity index (χ3n) is 10.7. The van der Waals surface area contributed by atoms with E-state index in [4.69, 9.17) is 18.5 Å². The van der Waals surface area contributed by atoms with E-state index in [0.29, 0.717) is 24.1 Å². The van der Waals surface area contributed by atoms with Gasteiger partial charge in [-0.05, 0) is 70.6 Å². The van der Waals surface area contributed by atoms with Gasteiger partial charge in [0.15, 0.2) is 0 Å². The molecule has 0 rings (SSSR count). The summed E-state index contributed by atoms with van der Waals surface area (Å²) in [6, 6.07) is 0. The van der Waals surface area contributed by atoms with Gasteiger partial charge in [-0.1, -0.05) is 179 Å². The van der Waals surface area contributed by atoms with Crippen molar-refractivity contribution in [1.29, 1.82) is 0 Å². The number of allylic oxidation sites excluding steroid dienone is 6. The molecular weight excluding hydrogens is 758 g/mol. The van der Waals surface area contributed by atoms with Gasteiger partial charge in [-0.3, -0.25) is 9.36 Å². The number of quaternary nitrogens is 1. The fourth-order valence-corrected chi connectivity index (χ4v) is 7.54. The van der Waals surface area contributed by atoms with E-state index < -0.39 is 13.9 Å². The van der Waals surface area contributed by atoms with Crippen molar-refractivity contribution in [3.8, 4) is 0 Å². The van der Waals surface area contributed by atoms with Crippen LogP contribution in [0.25, 0.3) is 0 Å². The molecule has 0 amide bonds. The number of hydrogen-bond acceptors (Lipinski definition) is 7. The molecular formula is C50H96NO7P. The standard InChI is InChI=1S/C50H96NO7P/c1-6-8-10-12-14-16-18-20-21-22-23-24-25-26-27-28-29-30-32-34-36-38-40-42-45-55-47-49(48-57-59(53,54)56-46-44-51(3,4)5)58-50(52)43-41-39-37-35-33-31-19-17-15-13-11-9-7-2/h17-20,22-23,49H,6-16,21,24-48H2,1-5H3/b19-17-,20-18-,23-22-. The molecule has 0 aromatic heterocycles. The maximum absolute atomic E-state index is 12.7. The van der Waals surface area contributed by atoms with Gasteiger partial charge in [-0.25, -0.2) is 0 Å². The average Bonchev–Trinajstić information content (AvgIpc) is 3.19. The molecule has 2 unspecified atom stereocenters. The number of ether oxygens (including phenoxy) is 2. The van der Waals surface area contributed by atoms with Gasteiger partial charge in [0.2, 0.25) is 0 Å². The third-order valence-corrected chi connectivity index (χ3v) is 11.6. The number of hydrogen-bond donors (Lipinski definition) is 0. The summed E-state index contributed by atoms with van der Waals surface area (Å²) in [7, 11) is 1.35. The molecule has 0 fully saturated rings. The summed E-state index contributed by atoms with van der Waals surface area (Å²) >= 11 is 0. The molecule has 0 radical (unpaired) electrons. The number of phosphoric ester groups is 1. The highest BCUT2D eigenvalue weighted by Crippen LogP contribution is 2.38. The molecule has 2 atom stereocenters. The summed E-state index contributed by atoms with van der Waals surface area (Å²) in [6.45, 7) is 5.39. The van der Waals surface area contributed by atoms with Gasteiger partial charge < -0.3 is 27.9 Å². The Balaban J connectivity index is 4.09. The molecule has 0 saturated carbocycles. The van der Waals surface area contributed by atoms with Crippen molar-refractivity contribution in [2.75, 3.05) is 54.1 Å². The zero-order valence-corrected chi connectivity index (χ0v) is 40.4. The number of unbranched alkanes of at least 4 members (excludes halogenated alkanes) is 26. The van der Waals surface area contributed by atoms with E-state index in [1.54, 1.807) is 0 Å². The number of likely N-dealkylation sites (N-methyl/N-ethyl adjacent to an activating group) is 1. The molecule has 0 aromatic carbocycles. The van der Waals surface area contributed by atoms with E-state index in [1.165, 1.54) is 148 Å². The summed E-state index contributed by atoms with van der Waals surface area (Å²) in [6.07, 6.45) is 51.7. The van der Waals surface area contributed by atoms with Gasteiger partial charge in [-0.15, -0.1) is 0 Å². The van der Waals surface area contributed by atoms with Crippen molar-refractivity contribution in [3.63, 3.8) is 0 Å². The van der Waals surface area contributed by atoms with Crippen molar-refractivity contribution in [2.45, 2.75) is 225 Å². The first-order valence-corrected chi connectivity index (χ1v) is 26.2. The Bertz CT molecular complexity index is 1040. The lowest BCUT2D eigenvalue weighted by Crippen LogP contribution is -2.37. The zero-order valence-electron chi connectivity index (χ0n) is 39.5. The fourth-order valence-electron chi connectivity index (χ4n) is 6.81. The highest BCUT2D eigenvalue weighted by molar-refractivity contribution is 7.45. The molecule has 59 heavy (non-hydrogen) atoms. The molecule has 0 N–H and O–H groups in total. The van der Waals surface area contributed by atoms with Crippen molar-refractivity contribution < 1.29 is 37.3 Å². The molecule has 0 bridgehead atoms. The van der Waals surface area contributed by atoms with Crippen molar-refractivity contribution in [1.82, 2.24) is 0 Å². The monoisotopic (exact) mass is 854 g/mol. The van der Waals surface area contributed by atoms with Crippen molar-refractivity contribution in [2.24, 2.45) is 0 Å². The second-order valence-electron chi connectivity index (χ2n) is 17.8. The second kappa shape index (κ2) is 43.4. The minimum absolute atomic E-state index is 0.0247. The van der Waals surface area contributed by atoms with Crippen LogP contribution < -0.4 is 4.89 Å². The summed E-state index contributed by atoms with van der Waals surface area (Å²) < 4.78 is 34.7. The topological polar surface area (TPSA) is 94.1 Å². The quantitative estimate of drug-likeness (QED) is 0.0198. The Morgan fingerprint density at radius 2 is 0.932 bits per heavy atom. The first kappa shape index (κ1) is 57.7. The van der Waals surface area contributed by atoms with Crippen LogP contribution in [0, 0.1) is 0 Å². The minimum Gasteiger partial charge on any atom is -0.756 e. The van der Waals surface area contributed by atoms with Crippen molar-refractivity contribution >= 4 is 13.8 Å². The van der Waals surface area contributed by atoms with Gasteiger partial charge in [-0.2, -0.15) is 0 Å². The van der Waals surface area contributed by atoms with Gasteiger partial charge in [0.25, 0.3) is 7.82 Å². The normalized spacial score (nSPS) is 13.9. The lowest BCUT2D eigenvalue weighted by atomic mass is 10.0. The van der Waals surface area contributed by atoms with E-state index in [9.17, 15) is 14.3 Å². The Kier molecular flexibility index (Phi) is 42.4. The molecule has 0 aromatic rings. The summed E-state index contributed by atoms with van der Waals surface area (Å²) in [4.78, 5) is 25.1. The Morgan fingerprint density at radius 1 is 0.525 bits per heavy atom. The predicted molar refractivity (Wildman–Crippen MR) is 250 cm³/mol. The van der Waals surface area contributed by atoms with E-state index in [2.05, 4.69) is 50.3 Å².